The highest BCUT2D eigenvalue weighted by molar-refractivity contribution is 9.10. The number of nitrogens with two attached hydrogens (primary N) is 1. The predicted octanol–water partition coefficient (Wildman–Crippen LogP) is 3.79. The summed E-state index contributed by atoms with van der Waals surface area (Å²) in [4.78, 5) is 11.8. The molecule has 0 aliphatic heterocycles. The summed E-state index contributed by atoms with van der Waals surface area (Å²) in [5, 5.41) is 2.36. The predicted molar refractivity (Wildman–Crippen MR) is 94.1 cm³/mol. The zero-order valence-electron chi connectivity index (χ0n) is 11.6. The number of carbonyl (C=O) groups is 1. The van der Waals surface area contributed by atoms with Gasteiger partial charge in [0, 0.05) is 11.1 Å². The van der Waals surface area contributed by atoms with E-state index in [1.807, 2.05) is 0 Å². The third-order valence-corrected chi connectivity index (χ3v) is 3.80. The summed E-state index contributed by atoms with van der Waals surface area (Å²) in [6, 6.07) is 9.19. The maximum absolute atomic E-state index is 13.6. The zero-order chi connectivity index (χ0) is 17.0. The average molecular weight is 418 g/mol. The molecule has 0 aliphatic rings. The Balaban J connectivity index is 2.19. The number of nitrogens with one attached hydrogen (secondary N) is 1. The number of benzene rings is 2. The molecule has 2 aromatic carbocycles. The Labute approximate surface area is 150 Å². The Hall–Kier alpha value is -1.70. The molecule has 0 aromatic heterocycles. The normalized spacial score (nSPS) is 10.2. The first-order valence-electron chi connectivity index (χ1n) is 6.34. The molecule has 8 heteroatoms. The first kappa shape index (κ1) is 17.7. The Kier molecular flexibility index (Phi) is 5.92. The van der Waals surface area contributed by atoms with E-state index in [2.05, 4.69) is 33.5 Å². The lowest BCUT2D eigenvalue weighted by Crippen LogP contribution is -2.34. The number of hydrogen-bond acceptors (Lipinski definition) is 3. The smallest absolute Gasteiger partial charge is 0.257 e. The maximum atomic E-state index is 13.6. The molecule has 1 amide bonds. The molecule has 0 bridgehead atoms. The van der Waals surface area contributed by atoms with Gasteiger partial charge in [-0.2, -0.15) is 0 Å². The lowest BCUT2D eigenvalue weighted by Gasteiger charge is -2.12. The second-order valence-corrected chi connectivity index (χ2v) is 6.17. The van der Waals surface area contributed by atoms with Crippen molar-refractivity contribution in [2.24, 2.45) is 5.73 Å². The van der Waals surface area contributed by atoms with E-state index in [0.29, 0.717) is 15.8 Å². The SMILES string of the molecule is NC(=S)NC(=O)c1cc(Cl)c(OCc2ccccc2F)c(Br)c1. The van der Waals surface area contributed by atoms with Crippen LogP contribution in [0.15, 0.2) is 40.9 Å². The highest BCUT2D eigenvalue weighted by Crippen LogP contribution is 2.35. The highest BCUT2D eigenvalue weighted by atomic mass is 79.9. The first-order chi connectivity index (χ1) is 10.9. The van der Waals surface area contributed by atoms with Crippen molar-refractivity contribution in [2.45, 2.75) is 6.61 Å². The molecule has 120 valence electrons. The molecule has 23 heavy (non-hydrogen) atoms. The third-order valence-electron chi connectivity index (χ3n) is 2.83. The van der Waals surface area contributed by atoms with Gasteiger partial charge in [-0.15, -0.1) is 0 Å². The van der Waals surface area contributed by atoms with Crippen LogP contribution in [0.5, 0.6) is 5.75 Å². The lowest BCUT2D eigenvalue weighted by atomic mass is 10.2. The summed E-state index contributed by atoms with van der Waals surface area (Å²) in [6.45, 7) is 0.00340. The number of thiocarbonyl (C=S) groups is 1. The fourth-order valence-corrected chi connectivity index (χ4v) is 2.83. The standard InChI is InChI=1S/C15H11BrClFN2O2S/c16-10-5-9(14(21)20-15(19)23)6-11(17)13(10)22-7-8-3-1-2-4-12(8)18/h1-6H,7H2,(H3,19,20,21,23). The number of amides is 1. The van der Waals surface area contributed by atoms with Crippen LogP contribution in [0, 0.1) is 5.82 Å². The highest BCUT2D eigenvalue weighted by Gasteiger charge is 2.15. The molecule has 0 atom stereocenters. The number of halogens is 3. The number of ether oxygens (including phenoxy) is 1. The Morgan fingerprint density at radius 1 is 1.39 bits per heavy atom. The minimum absolute atomic E-state index is 0.00340. The summed E-state index contributed by atoms with van der Waals surface area (Å²) in [7, 11) is 0. The molecule has 0 saturated carbocycles. The number of hydrogen-bond donors (Lipinski definition) is 2. The molecule has 4 nitrogen and oxygen atoms in total. The molecule has 0 spiro atoms. The molecule has 0 saturated heterocycles. The van der Waals surface area contributed by atoms with E-state index in [4.69, 9.17) is 22.1 Å². The monoisotopic (exact) mass is 416 g/mol. The number of rotatable bonds is 4. The van der Waals surface area contributed by atoms with Gasteiger partial charge in [-0.3, -0.25) is 10.1 Å². The summed E-state index contributed by atoms with van der Waals surface area (Å²) in [5.74, 6) is -0.547. The van der Waals surface area contributed by atoms with Crippen LogP contribution >= 0.6 is 39.7 Å². The third kappa shape index (κ3) is 4.63. The van der Waals surface area contributed by atoms with E-state index in [1.165, 1.54) is 18.2 Å². The molecule has 0 unspecified atom stereocenters. The van der Waals surface area contributed by atoms with Crippen LogP contribution in [-0.4, -0.2) is 11.0 Å². The van der Waals surface area contributed by atoms with Crippen LogP contribution in [0.1, 0.15) is 15.9 Å². The largest absolute Gasteiger partial charge is 0.486 e. The summed E-state index contributed by atoms with van der Waals surface area (Å²) in [5.41, 5.74) is 5.91. The van der Waals surface area contributed by atoms with Crippen LogP contribution in [0.4, 0.5) is 4.39 Å². The molecule has 0 fully saturated rings. The molecule has 0 aliphatic carbocycles. The summed E-state index contributed by atoms with van der Waals surface area (Å²) in [6.07, 6.45) is 0. The Morgan fingerprint density at radius 3 is 2.70 bits per heavy atom. The summed E-state index contributed by atoms with van der Waals surface area (Å²) >= 11 is 14.0. The van der Waals surface area contributed by atoms with Gasteiger partial charge in [-0.1, -0.05) is 29.8 Å². The minimum atomic E-state index is -0.485. The fraction of sp³-hybridized carbons (Fsp3) is 0.0667. The van der Waals surface area contributed by atoms with Gasteiger partial charge in [0.25, 0.3) is 5.91 Å². The Bertz CT molecular complexity index is 750. The van der Waals surface area contributed by atoms with Gasteiger partial charge >= 0.3 is 0 Å². The van der Waals surface area contributed by atoms with Crippen molar-refractivity contribution in [1.29, 1.82) is 0 Å². The topological polar surface area (TPSA) is 64.3 Å². The van der Waals surface area contributed by atoms with E-state index in [0.717, 1.165) is 0 Å². The van der Waals surface area contributed by atoms with E-state index < -0.39 is 5.91 Å². The van der Waals surface area contributed by atoms with Crippen molar-refractivity contribution >= 4 is 50.8 Å². The van der Waals surface area contributed by atoms with Gasteiger partial charge < -0.3 is 10.5 Å². The second-order valence-electron chi connectivity index (χ2n) is 4.47. The van der Waals surface area contributed by atoms with E-state index >= 15 is 0 Å². The molecule has 0 radical (unpaired) electrons. The van der Waals surface area contributed by atoms with Crippen molar-refractivity contribution < 1.29 is 13.9 Å². The van der Waals surface area contributed by atoms with Gasteiger partial charge in [0.2, 0.25) is 0 Å². The minimum Gasteiger partial charge on any atom is -0.486 e. The molecule has 0 heterocycles. The molecule has 3 N–H and O–H groups in total. The van der Waals surface area contributed by atoms with E-state index in [1.54, 1.807) is 18.2 Å². The Morgan fingerprint density at radius 2 is 2.09 bits per heavy atom. The number of carbonyl (C=O) groups excluding carboxylic acids is 1. The van der Waals surface area contributed by atoms with Crippen LogP contribution in [0.25, 0.3) is 0 Å². The van der Waals surface area contributed by atoms with Gasteiger partial charge in [0.15, 0.2) is 10.9 Å². The lowest BCUT2D eigenvalue weighted by molar-refractivity contribution is 0.0977. The van der Waals surface area contributed by atoms with Crippen LogP contribution in [-0.2, 0) is 6.61 Å². The van der Waals surface area contributed by atoms with Crippen molar-refractivity contribution in [3.8, 4) is 5.75 Å². The fourth-order valence-electron chi connectivity index (χ4n) is 1.78. The first-order valence-corrected chi connectivity index (χ1v) is 7.92. The summed E-state index contributed by atoms with van der Waals surface area (Å²) < 4.78 is 19.6. The molecular formula is C15H11BrClFN2O2S. The van der Waals surface area contributed by atoms with Crippen molar-refractivity contribution in [2.75, 3.05) is 0 Å². The van der Waals surface area contributed by atoms with Gasteiger partial charge in [-0.25, -0.2) is 4.39 Å². The maximum Gasteiger partial charge on any atom is 0.257 e. The van der Waals surface area contributed by atoms with Gasteiger partial charge in [0.05, 0.1) is 9.50 Å². The quantitative estimate of drug-likeness (QED) is 0.743. The van der Waals surface area contributed by atoms with E-state index in [9.17, 15) is 9.18 Å². The zero-order valence-corrected chi connectivity index (χ0v) is 14.8. The van der Waals surface area contributed by atoms with Crippen molar-refractivity contribution in [3.63, 3.8) is 0 Å². The second kappa shape index (κ2) is 7.72. The molecular weight excluding hydrogens is 407 g/mol. The molecule has 2 rings (SSSR count). The van der Waals surface area contributed by atoms with Crippen LogP contribution in [0.2, 0.25) is 5.02 Å². The van der Waals surface area contributed by atoms with Crippen LogP contribution in [0.3, 0.4) is 0 Å². The van der Waals surface area contributed by atoms with Gasteiger partial charge in [-0.05, 0) is 46.3 Å². The van der Waals surface area contributed by atoms with Crippen molar-refractivity contribution in [1.82, 2.24) is 5.32 Å². The van der Waals surface area contributed by atoms with E-state index in [-0.39, 0.29) is 28.1 Å². The van der Waals surface area contributed by atoms with Crippen LogP contribution < -0.4 is 15.8 Å². The average Bonchev–Trinajstić information content (AvgIpc) is 2.47. The van der Waals surface area contributed by atoms with Crippen molar-refractivity contribution in [3.05, 3.63) is 62.8 Å². The van der Waals surface area contributed by atoms with Gasteiger partial charge in [0.1, 0.15) is 12.4 Å². The molecule has 2 aromatic rings.